The minimum atomic E-state index is -0.240. The summed E-state index contributed by atoms with van der Waals surface area (Å²) in [6.07, 6.45) is 3.81. The van der Waals surface area contributed by atoms with E-state index >= 15 is 0 Å². The Hall–Kier alpha value is -2.17. The highest BCUT2D eigenvalue weighted by Gasteiger charge is 2.22. The Bertz CT molecular complexity index is 637. The van der Waals surface area contributed by atoms with E-state index in [1.807, 2.05) is 13.8 Å². The highest BCUT2D eigenvalue weighted by molar-refractivity contribution is 5.43. The predicted octanol–water partition coefficient (Wildman–Crippen LogP) is 3.28. The summed E-state index contributed by atoms with van der Waals surface area (Å²) in [6.45, 7) is 5.74. The molecular weight excluding hydrogens is 281 g/mol. The number of rotatable bonds is 3. The first-order valence-corrected chi connectivity index (χ1v) is 7.59. The van der Waals surface area contributed by atoms with Crippen molar-refractivity contribution in [2.45, 2.75) is 32.8 Å². The molecule has 4 nitrogen and oxygen atoms in total. The summed E-state index contributed by atoms with van der Waals surface area (Å²) in [4.78, 5) is 11.2. The summed E-state index contributed by atoms with van der Waals surface area (Å²) in [5, 5.41) is 0. The van der Waals surface area contributed by atoms with Gasteiger partial charge < -0.3 is 9.64 Å². The van der Waals surface area contributed by atoms with Crippen LogP contribution in [0.2, 0.25) is 0 Å². The number of aromatic nitrogens is 2. The first-order chi connectivity index (χ1) is 10.6. The number of ether oxygens (including phenoxy) is 1. The number of anilines is 1. The Morgan fingerprint density at radius 2 is 1.82 bits per heavy atom. The summed E-state index contributed by atoms with van der Waals surface area (Å²) in [6, 6.07) is 6.21. The van der Waals surface area contributed by atoms with Crippen molar-refractivity contribution in [2.24, 2.45) is 0 Å². The lowest BCUT2D eigenvalue weighted by molar-refractivity contribution is 0.170. The Morgan fingerprint density at radius 3 is 2.50 bits per heavy atom. The Kier molecular flexibility index (Phi) is 4.22. The van der Waals surface area contributed by atoms with Crippen molar-refractivity contribution in [3.8, 4) is 5.75 Å². The molecule has 1 aromatic carbocycles. The van der Waals surface area contributed by atoms with Crippen LogP contribution in [-0.2, 0) is 0 Å². The van der Waals surface area contributed by atoms with Crippen molar-refractivity contribution in [3.63, 3.8) is 0 Å². The van der Waals surface area contributed by atoms with Crippen LogP contribution in [0.15, 0.2) is 30.5 Å². The first kappa shape index (κ1) is 14.8. The van der Waals surface area contributed by atoms with E-state index < -0.39 is 0 Å². The molecule has 5 heteroatoms. The molecule has 3 rings (SSSR count). The number of hydrogen-bond acceptors (Lipinski definition) is 4. The van der Waals surface area contributed by atoms with Gasteiger partial charge in [0, 0.05) is 32.1 Å². The van der Waals surface area contributed by atoms with Gasteiger partial charge in [0.25, 0.3) is 0 Å². The highest BCUT2D eigenvalue weighted by Crippen LogP contribution is 2.23. The summed E-state index contributed by atoms with van der Waals surface area (Å²) in [5.41, 5.74) is 1.90. The van der Waals surface area contributed by atoms with Gasteiger partial charge in [-0.1, -0.05) is 0 Å². The summed E-state index contributed by atoms with van der Waals surface area (Å²) < 4.78 is 18.8. The normalized spacial score (nSPS) is 15.9. The molecule has 1 aliphatic rings. The third kappa shape index (κ3) is 3.35. The Balaban J connectivity index is 1.60. The van der Waals surface area contributed by atoms with Gasteiger partial charge in [-0.3, -0.25) is 4.98 Å². The molecule has 1 aliphatic heterocycles. The molecule has 22 heavy (non-hydrogen) atoms. The van der Waals surface area contributed by atoms with Gasteiger partial charge in [0.05, 0.1) is 11.4 Å². The SMILES string of the molecule is Cc1cnc(C)c(N2CCC(Oc3ccc(F)cc3)CC2)n1. The van der Waals surface area contributed by atoms with Gasteiger partial charge >= 0.3 is 0 Å². The summed E-state index contributed by atoms with van der Waals surface area (Å²) in [5.74, 6) is 1.46. The molecule has 1 fully saturated rings. The smallest absolute Gasteiger partial charge is 0.150 e. The van der Waals surface area contributed by atoms with Crippen LogP contribution in [0.3, 0.4) is 0 Å². The van der Waals surface area contributed by atoms with E-state index in [0.717, 1.165) is 48.9 Å². The van der Waals surface area contributed by atoms with Gasteiger partial charge in [-0.15, -0.1) is 0 Å². The van der Waals surface area contributed by atoms with Crippen LogP contribution >= 0.6 is 0 Å². The summed E-state index contributed by atoms with van der Waals surface area (Å²) >= 11 is 0. The van der Waals surface area contributed by atoms with Crippen molar-refractivity contribution >= 4 is 5.82 Å². The van der Waals surface area contributed by atoms with E-state index in [0.29, 0.717) is 0 Å². The predicted molar refractivity (Wildman–Crippen MR) is 83.8 cm³/mol. The minimum Gasteiger partial charge on any atom is -0.490 e. The second-order valence-corrected chi connectivity index (χ2v) is 5.68. The van der Waals surface area contributed by atoms with Crippen LogP contribution in [0.4, 0.5) is 10.2 Å². The van der Waals surface area contributed by atoms with Crippen LogP contribution in [-0.4, -0.2) is 29.2 Å². The number of hydrogen-bond donors (Lipinski definition) is 0. The molecule has 0 radical (unpaired) electrons. The monoisotopic (exact) mass is 301 g/mol. The van der Waals surface area contributed by atoms with Crippen molar-refractivity contribution in [3.05, 3.63) is 47.7 Å². The maximum Gasteiger partial charge on any atom is 0.150 e. The van der Waals surface area contributed by atoms with Gasteiger partial charge in [-0.2, -0.15) is 0 Å². The van der Waals surface area contributed by atoms with E-state index in [9.17, 15) is 4.39 Å². The Labute approximate surface area is 130 Å². The molecule has 0 saturated carbocycles. The first-order valence-electron chi connectivity index (χ1n) is 7.59. The molecule has 0 spiro atoms. The van der Waals surface area contributed by atoms with Crippen LogP contribution in [0.5, 0.6) is 5.75 Å². The summed E-state index contributed by atoms with van der Waals surface area (Å²) in [7, 11) is 0. The van der Waals surface area contributed by atoms with Crippen LogP contribution < -0.4 is 9.64 Å². The second kappa shape index (κ2) is 6.30. The highest BCUT2D eigenvalue weighted by atomic mass is 19.1. The fourth-order valence-electron chi connectivity index (χ4n) is 2.72. The molecule has 0 amide bonds. The Morgan fingerprint density at radius 1 is 1.14 bits per heavy atom. The molecule has 0 unspecified atom stereocenters. The molecule has 0 N–H and O–H groups in total. The van der Waals surface area contributed by atoms with E-state index in [1.54, 1.807) is 18.3 Å². The van der Waals surface area contributed by atoms with E-state index in [2.05, 4.69) is 14.9 Å². The molecule has 1 saturated heterocycles. The van der Waals surface area contributed by atoms with E-state index in [-0.39, 0.29) is 11.9 Å². The van der Waals surface area contributed by atoms with Crippen LogP contribution in [0.1, 0.15) is 24.2 Å². The lowest BCUT2D eigenvalue weighted by Gasteiger charge is -2.33. The van der Waals surface area contributed by atoms with Crippen molar-refractivity contribution in [2.75, 3.05) is 18.0 Å². The minimum absolute atomic E-state index is 0.166. The second-order valence-electron chi connectivity index (χ2n) is 5.68. The average Bonchev–Trinajstić information content (AvgIpc) is 2.53. The number of aryl methyl sites for hydroxylation is 2. The maximum absolute atomic E-state index is 12.9. The van der Waals surface area contributed by atoms with Gasteiger partial charge in [0.2, 0.25) is 0 Å². The third-order valence-corrected chi connectivity index (χ3v) is 3.91. The molecule has 0 bridgehead atoms. The van der Waals surface area contributed by atoms with Crippen molar-refractivity contribution < 1.29 is 9.13 Å². The molecule has 0 aliphatic carbocycles. The molecule has 2 aromatic rings. The molecular formula is C17H20FN3O. The fraction of sp³-hybridized carbons (Fsp3) is 0.412. The quantitative estimate of drug-likeness (QED) is 0.872. The molecule has 1 aromatic heterocycles. The molecule has 116 valence electrons. The largest absolute Gasteiger partial charge is 0.490 e. The molecule has 0 atom stereocenters. The van der Waals surface area contributed by atoms with Crippen molar-refractivity contribution in [1.82, 2.24) is 9.97 Å². The standard InChI is InChI=1S/C17H20FN3O/c1-12-11-19-13(2)17(20-12)21-9-7-16(8-10-21)22-15-5-3-14(18)4-6-15/h3-6,11,16H,7-10H2,1-2H3. The van der Waals surface area contributed by atoms with Crippen molar-refractivity contribution in [1.29, 1.82) is 0 Å². The van der Waals surface area contributed by atoms with E-state index in [1.165, 1.54) is 12.1 Å². The topological polar surface area (TPSA) is 38.2 Å². The number of nitrogens with zero attached hydrogens (tertiary/aromatic N) is 3. The zero-order valence-corrected chi connectivity index (χ0v) is 12.9. The fourth-order valence-corrected chi connectivity index (χ4v) is 2.72. The van der Waals surface area contributed by atoms with Crippen LogP contribution in [0, 0.1) is 19.7 Å². The van der Waals surface area contributed by atoms with E-state index in [4.69, 9.17) is 4.74 Å². The average molecular weight is 301 g/mol. The van der Waals surface area contributed by atoms with Crippen LogP contribution in [0.25, 0.3) is 0 Å². The van der Waals surface area contributed by atoms with Gasteiger partial charge in [-0.05, 0) is 38.1 Å². The zero-order valence-electron chi connectivity index (χ0n) is 12.9. The lowest BCUT2D eigenvalue weighted by atomic mass is 10.1. The van der Waals surface area contributed by atoms with Gasteiger partial charge in [-0.25, -0.2) is 9.37 Å². The van der Waals surface area contributed by atoms with Gasteiger partial charge in [0.1, 0.15) is 23.5 Å². The number of piperidine rings is 1. The van der Waals surface area contributed by atoms with Gasteiger partial charge in [0.15, 0.2) is 0 Å². The maximum atomic E-state index is 12.9. The lowest BCUT2D eigenvalue weighted by Crippen LogP contribution is -2.39. The number of benzene rings is 1. The third-order valence-electron chi connectivity index (χ3n) is 3.91. The number of halogens is 1. The zero-order chi connectivity index (χ0) is 15.5. The molecule has 2 heterocycles.